The number of benzene rings is 2. The molecule has 1 atom stereocenters. The van der Waals surface area contributed by atoms with Gasteiger partial charge in [-0.2, -0.15) is 4.98 Å². The fourth-order valence-electron chi connectivity index (χ4n) is 3.33. The maximum atomic E-state index is 14.4. The first kappa shape index (κ1) is 19.1. The summed E-state index contributed by atoms with van der Waals surface area (Å²) in [5.41, 5.74) is 1.49. The molecule has 7 nitrogen and oxygen atoms in total. The Kier molecular flexibility index (Phi) is 5.06. The highest BCUT2D eigenvalue weighted by Crippen LogP contribution is 2.35. The van der Waals surface area contributed by atoms with Crippen LogP contribution in [0, 0.1) is 11.6 Å². The van der Waals surface area contributed by atoms with Crippen molar-refractivity contribution in [2.75, 3.05) is 38.8 Å². The molecule has 0 N–H and O–H groups in total. The van der Waals surface area contributed by atoms with Gasteiger partial charge in [0.2, 0.25) is 0 Å². The highest BCUT2D eigenvalue weighted by atomic mass is 19.1. The highest BCUT2D eigenvalue weighted by Gasteiger charge is 2.30. The fraction of sp³-hybridized carbons (Fsp3) is 0.300. The number of methoxy groups -OCH3 is 2. The zero-order chi connectivity index (χ0) is 20.5. The Labute approximate surface area is 164 Å². The molecule has 0 amide bonds. The molecule has 1 aliphatic rings. The second kappa shape index (κ2) is 7.67. The summed E-state index contributed by atoms with van der Waals surface area (Å²) in [4.78, 5) is 17.9. The van der Waals surface area contributed by atoms with Crippen LogP contribution in [0.25, 0.3) is 11.1 Å². The maximum absolute atomic E-state index is 14.4. The second-order valence-corrected chi connectivity index (χ2v) is 6.48. The average Bonchev–Trinajstić information content (AvgIpc) is 3.16. The van der Waals surface area contributed by atoms with Gasteiger partial charge < -0.3 is 23.5 Å². The quantitative estimate of drug-likeness (QED) is 0.617. The van der Waals surface area contributed by atoms with Crippen LogP contribution in [0.15, 0.2) is 34.7 Å². The number of hydrogen-bond acceptors (Lipinski definition) is 7. The molecule has 3 aromatic rings. The molecule has 1 unspecified atom stereocenters. The van der Waals surface area contributed by atoms with Gasteiger partial charge in [-0.25, -0.2) is 13.6 Å². The van der Waals surface area contributed by atoms with E-state index in [1.165, 1.54) is 14.2 Å². The van der Waals surface area contributed by atoms with E-state index >= 15 is 0 Å². The van der Waals surface area contributed by atoms with Gasteiger partial charge in [0.15, 0.2) is 5.58 Å². The average molecular weight is 404 g/mol. The molecule has 0 radical (unpaired) electrons. The summed E-state index contributed by atoms with van der Waals surface area (Å²) >= 11 is 0. The number of halogens is 2. The highest BCUT2D eigenvalue weighted by molar-refractivity contribution is 5.93. The van der Waals surface area contributed by atoms with E-state index in [0.29, 0.717) is 29.2 Å². The molecule has 0 spiro atoms. The van der Waals surface area contributed by atoms with Gasteiger partial charge in [-0.05, 0) is 18.2 Å². The lowest BCUT2D eigenvalue weighted by Gasteiger charge is -2.32. The number of esters is 1. The van der Waals surface area contributed by atoms with Crippen LogP contribution in [0.2, 0.25) is 0 Å². The third-order valence-electron chi connectivity index (χ3n) is 4.73. The van der Waals surface area contributed by atoms with Gasteiger partial charge >= 0.3 is 5.97 Å². The number of nitrogens with zero attached hydrogens (tertiary/aromatic N) is 2. The number of carbonyl (C=O) groups is 1. The summed E-state index contributed by atoms with van der Waals surface area (Å²) in [5.74, 6) is -1.87. The fourth-order valence-corrected chi connectivity index (χ4v) is 3.33. The van der Waals surface area contributed by atoms with Crippen LogP contribution < -0.4 is 9.64 Å². The van der Waals surface area contributed by atoms with Crippen molar-refractivity contribution in [2.45, 2.75) is 6.10 Å². The van der Waals surface area contributed by atoms with Crippen LogP contribution in [-0.4, -0.2) is 44.9 Å². The summed E-state index contributed by atoms with van der Waals surface area (Å²) in [6, 6.07) is 7.05. The van der Waals surface area contributed by atoms with Gasteiger partial charge in [0.1, 0.15) is 29.0 Å². The zero-order valence-electron chi connectivity index (χ0n) is 15.8. The van der Waals surface area contributed by atoms with E-state index in [-0.39, 0.29) is 24.5 Å². The van der Waals surface area contributed by atoms with Crippen molar-refractivity contribution in [3.05, 3.63) is 53.1 Å². The van der Waals surface area contributed by atoms with E-state index in [4.69, 9.17) is 18.6 Å². The van der Waals surface area contributed by atoms with Crippen LogP contribution in [-0.2, 0) is 9.47 Å². The smallest absolute Gasteiger partial charge is 0.337 e. The third-order valence-corrected chi connectivity index (χ3v) is 4.73. The van der Waals surface area contributed by atoms with Gasteiger partial charge in [0.25, 0.3) is 6.01 Å². The van der Waals surface area contributed by atoms with Crippen molar-refractivity contribution in [1.82, 2.24) is 4.98 Å². The van der Waals surface area contributed by atoms with Gasteiger partial charge in [-0.15, -0.1) is 0 Å². The number of aromatic nitrogens is 1. The number of anilines is 1. The van der Waals surface area contributed by atoms with E-state index < -0.39 is 23.7 Å². The topological polar surface area (TPSA) is 74.0 Å². The maximum Gasteiger partial charge on any atom is 0.337 e. The first-order chi connectivity index (χ1) is 14.0. The lowest BCUT2D eigenvalue weighted by atomic mass is 10.1. The normalized spacial score (nSPS) is 16.8. The molecule has 29 heavy (non-hydrogen) atoms. The standard InChI is InChI=1S/C20H18F2N2O5/c1-26-16-9-12(21)8-13(22)18(16)17-10-24(5-6-28-17)20-23-14-4-3-11(19(25)27-2)7-15(14)29-20/h3-4,7-9,17H,5-6,10H2,1-2H3. The van der Waals surface area contributed by atoms with Crippen molar-refractivity contribution in [1.29, 1.82) is 0 Å². The van der Waals surface area contributed by atoms with Gasteiger partial charge in [-0.1, -0.05) is 0 Å². The van der Waals surface area contributed by atoms with Gasteiger partial charge in [0, 0.05) is 18.7 Å². The van der Waals surface area contributed by atoms with E-state index in [9.17, 15) is 13.6 Å². The molecule has 1 aliphatic heterocycles. The first-order valence-electron chi connectivity index (χ1n) is 8.88. The number of hydrogen-bond donors (Lipinski definition) is 0. The van der Waals surface area contributed by atoms with Crippen LogP contribution >= 0.6 is 0 Å². The number of rotatable bonds is 4. The molecule has 0 saturated carbocycles. The SMILES string of the molecule is COC(=O)c1ccc2nc(N3CCOC(c4c(F)cc(F)cc4OC)C3)oc2c1. The summed E-state index contributed by atoms with van der Waals surface area (Å²) in [7, 11) is 2.65. The van der Waals surface area contributed by atoms with Crippen molar-refractivity contribution in [3.8, 4) is 5.75 Å². The predicted molar refractivity (Wildman–Crippen MR) is 99.2 cm³/mol. The Balaban J connectivity index is 1.63. The van der Waals surface area contributed by atoms with Crippen LogP contribution in [0.1, 0.15) is 22.0 Å². The van der Waals surface area contributed by atoms with E-state index in [1.807, 2.05) is 0 Å². The van der Waals surface area contributed by atoms with Gasteiger partial charge in [0.05, 0.1) is 38.5 Å². The zero-order valence-corrected chi connectivity index (χ0v) is 15.8. The van der Waals surface area contributed by atoms with Crippen LogP contribution in [0.5, 0.6) is 5.75 Å². The summed E-state index contributed by atoms with van der Waals surface area (Å²) in [5, 5.41) is 0. The Morgan fingerprint density at radius 3 is 2.83 bits per heavy atom. The minimum absolute atomic E-state index is 0.0784. The third kappa shape index (κ3) is 3.61. The summed E-state index contributed by atoms with van der Waals surface area (Å²) in [6.07, 6.45) is -0.694. The lowest BCUT2D eigenvalue weighted by Crippen LogP contribution is -2.39. The van der Waals surface area contributed by atoms with Crippen LogP contribution in [0.4, 0.5) is 14.8 Å². The summed E-state index contributed by atoms with van der Waals surface area (Å²) < 4.78 is 49.3. The largest absolute Gasteiger partial charge is 0.496 e. The van der Waals surface area contributed by atoms with E-state index in [1.54, 1.807) is 23.1 Å². The molecular formula is C20H18F2N2O5. The monoisotopic (exact) mass is 404 g/mol. The number of oxazole rings is 1. The number of carbonyl (C=O) groups excluding carboxylic acids is 1. The predicted octanol–water partition coefficient (Wildman–Crippen LogP) is 3.48. The minimum Gasteiger partial charge on any atom is -0.496 e. The Hall–Kier alpha value is -3.20. The minimum atomic E-state index is -0.742. The number of fused-ring (bicyclic) bond motifs is 1. The van der Waals surface area contributed by atoms with Gasteiger partial charge in [-0.3, -0.25) is 0 Å². The number of ether oxygens (including phenoxy) is 3. The Morgan fingerprint density at radius 2 is 2.07 bits per heavy atom. The van der Waals surface area contributed by atoms with Crippen molar-refractivity contribution < 1.29 is 32.2 Å². The molecule has 4 rings (SSSR count). The molecule has 1 saturated heterocycles. The first-order valence-corrected chi connectivity index (χ1v) is 8.88. The molecule has 0 bridgehead atoms. The molecule has 152 valence electrons. The second-order valence-electron chi connectivity index (χ2n) is 6.48. The molecule has 2 aromatic carbocycles. The molecule has 1 aromatic heterocycles. The van der Waals surface area contributed by atoms with Crippen molar-refractivity contribution in [2.24, 2.45) is 0 Å². The van der Waals surface area contributed by atoms with Crippen molar-refractivity contribution in [3.63, 3.8) is 0 Å². The number of morpholine rings is 1. The van der Waals surface area contributed by atoms with E-state index in [2.05, 4.69) is 4.98 Å². The summed E-state index contributed by atoms with van der Waals surface area (Å²) in [6.45, 7) is 0.991. The lowest BCUT2D eigenvalue weighted by molar-refractivity contribution is 0.0342. The molecule has 2 heterocycles. The van der Waals surface area contributed by atoms with Crippen molar-refractivity contribution >= 4 is 23.1 Å². The Morgan fingerprint density at radius 1 is 1.24 bits per heavy atom. The molecular weight excluding hydrogens is 386 g/mol. The molecule has 1 fully saturated rings. The van der Waals surface area contributed by atoms with Crippen LogP contribution in [0.3, 0.4) is 0 Å². The molecule has 9 heteroatoms. The van der Waals surface area contributed by atoms with E-state index in [0.717, 1.165) is 12.1 Å². The Bertz CT molecular complexity index is 1070. The molecule has 0 aliphatic carbocycles.